The highest BCUT2D eigenvalue weighted by molar-refractivity contribution is 7.92. The minimum atomic E-state index is -3.66. The van der Waals surface area contributed by atoms with E-state index in [2.05, 4.69) is 17.4 Å². The summed E-state index contributed by atoms with van der Waals surface area (Å²) in [6.45, 7) is -0.272. The number of anilines is 1. The topological polar surface area (TPSA) is 66.5 Å². The van der Waals surface area contributed by atoms with Crippen LogP contribution in [0.2, 0.25) is 0 Å². The first-order valence-electron chi connectivity index (χ1n) is 13.8. The Labute approximate surface area is 226 Å². The molecule has 4 saturated carbocycles. The van der Waals surface area contributed by atoms with Crippen molar-refractivity contribution in [2.45, 2.75) is 50.0 Å². The van der Waals surface area contributed by atoms with Crippen molar-refractivity contribution in [3.63, 3.8) is 0 Å². The molecule has 0 spiro atoms. The molecule has 1 N–H and O–H groups in total. The number of amides is 1. The fourth-order valence-corrected chi connectivity index (χ4v) is 8.69. The zero-order valence-corrected chi connectivity index (χ0v) is 22.7. The number of carbonyl (C=O) groups is 1. The number of hydrogen-bond donors (Lipinski definition) is 1. The SMILES string of the molecule is CS(=O)(=O)N(CC(=O)NC(c1ccccc1)c1ccccc1)c1ccc(C23CC4CC(CC(C4)C2)C3)cc1. The molecule has 3 aromatic carbocycles. The quantitative estimate of drug-likeness (QED) is 0.400. The fraction of sp³-hybridized carbons (Fsp3) is 0.406. The van der Waals surface area contributed by atoms with Crippen LogP contribution in [-0.2, 0) is 20.2 Å². The van der Waals surface area contributed by atoms with E-state index in [9.17, 15) is 13.2 Å². The maximum atomic E-state index is 13.3. The van der Waals surface area contributed by atoms with E-state index < -0.39 is 10.0 Å². The van der Waals surface area contributed by atoms with E-state index in [0.29, 0.717) is 5.69 Å². The van der Waals surface area contributed by atoms with E-state index in [0.717, 1.165) is 28.9 Å². The maximum absolute atomic E-state index is 13.3. The smallest absolute Gasteiger partial charge is 0.241 e. The lowest BCUT2D eigenvalue weighted by Crippen LogP contribution is -2.48. The van der Waals surface area contributed by atoms with Crippen molar-refractivity contribution in [3.05, 3.63) is 102 Å². The van der Waals surface area contributed by atoms with Gasteiger partial charge in [0.2, 0.25) is 15.9 Å². The Bertz CT molecular complexity index is 1310. The molecular weight excluding hydrogens is 492 g/mol. The number of nitrogens with one attached hydrogen (secondary N) is 1. The minimum Gasteiger partial charge on any atom is -0.344 e. The number of carbonyl (C=O) groups excluding carboxylic acids is 1. The fourth-order valence-electron chi connectivity index (χ4n) is 7.83. The van der Waals surface area contributed by atoms with Crippen LogP contribution in [0.15, 0.2) is 84.9 Å². The largest absolute Gasteiger partial charge is 0.344 e. The molecule has 5 nitrogen and oxygen atoms in total. The number of hydrogen-bond acceptors (Lipinski definition) is 3. The first-order valence-corrected chi connectivity index (χ1v) is 15.6. The molecule has 1 amide bonds. The molecule has 0 radical (unpaired) electrons. The van der Waals surface area contributed by atoms with Crippen LogP contribution in [0.25, 0.3) is 0 Å². The van der Waals surface area contributed by atoms with Gasteiger partial charge in [-0.1, -0.05) is 72.8 Å². The van der Waals surface area contributed by atoms with E-state index in [-0.39, 0.29) is 23.9 Å². The van der Waals surface area contributed by atoms with Gasteiger partial charge >= 0.3 is 0 Å². The second-order valence-corrected chi connectivity index (χ2v) is 13.7. The van der Waals surface area contributed by atoms with Crippen molar-refractivity contribution in [1.29, 1.82) is 0 Å². The van der Waals surface area contributed by atoms with Crippen LogP contribution in [0.1, 0.15) is 61.3 Å². The second kappa shape index (κ2) is 9.88. The normalized spacial score (nSPS) is 25.9. The van der Waals surface area contributed by atoms with E-state index in [1.807, 2.05) is 72.8 Å². The molecule has 198 valence electrons. The number of benzene rings is 3. The number of sulfonamides is 1. The zero-order valence-electron chi connectivity index (χ0n) is 21.9. The molecule has 0 heterocycles. The lowest BCUT2D eigenvalue weighted by Gasteiger charge is -2.57. The second-order valence-electron chi connectivity index (χ2n) is 11.8. The summed E-state index contributed by atoms with van der Waals surface area (Å²) < 4.78 is 26.9. The summed E-state index contributed by atoms with van der Waals surface area (Å²) in [5.41, 5.74) is 4.01. The number of nitrogens with zero attached hydrogens (tertiary/aromatic N) is 1. The third-order valence-corrected chi connectivity index (χ3v) is 10.2. The summed E-state index contributed by atoms with van der Waals surface area (Å²) in [5, 5.41) is 3.08. The summed E-state index contributed by atoms with van der Waals surface area (Å²) in [5.74, 6) is 2.19. The molecule has 7 rings (SSSR count). The van der Waals surface area contributed by atoms with Crippen molar-refractivity contribution in [2.75, 3.05) is 17.1 Å². The van der Waals surface area contributed by atoms with Gasteiger partial charge in [0.05, 0.1) is 18.0 Å². The molecule has 4 fully saturated rings. The van der Waals surface area contributed by atoms with Crippen molar-refractivity contribution in [1.82, 2.24) is 5.32 Å². The molecule has 0 aromatic heterocycles. The Kier molecular flexibility index (Phi) is 6.55. The maximum Gasteiger partial charge on any atom is 0.241 e. The zero-order chi connectivity index (χ0) is 26.3. The summed E-state index contributed by atoms with van der Waals surface area (Å²) in [4.78, 5) is 13.3. The van der Waals surface area contributed by atoms with Gasteiger partial charge in [-0.2, -0.15) is 0 Å². The van der Waals surface area contributed by atoms with Gasteiger partial charge in [0.15, 0.2) is 0 Å². The molecule has 0 aliphatic heterocycles. The highest BCUT2D eigenvalue weighted by Gasteiger charge is 2.51. The predicted molar refractivity (Wildman–Crippen MR) is 151 cm³/mol. The Morgan fingerprint density at radius 2 is 1.29 bits per heavy atom. The Morgan fingerprint density at radius 1 is 0.816 bits per heavy atom. The van der Waals surface area contributed by atoms with Gasteiger partial charge in [-0.3, -0.25) is 9.10 Å². The van der Waals surface area contributed by atoms with Crippen LogP contribution in [-0.4, -0.2) is 27.1 Å². The van der Waals surface area contributed by atoms with Crippen molar-refractivity contribution in [3.8, 4) is 0 Å². The Balaban J connectivity index is 1.22. The highest BCUT2D eigenvalue weighted by Crippen LogP contribution is 2.60. The van der Waals surface area contributed by atoms with E-state index >= 15 is 0 Å². The third kappa shape index (κ3) is 4.98. The van der Waals surface area contributed by atoms with Gasteiger partial charge in [0.1, 0.15) is 6.54 Å². The van der Waals surface area contributed by atoms with Crippen LogP contribution in [0.4, 0.5) is 5.69 Å². The molecular formula is C32H36N2O3S. The molecule has 4 bridgehead atoms. The summed E-state index contributed by atoms with van der Waals surface area (Å²) in [7, 11) is -3.66. The van der Waals surface area contributed by atoms with Crippen molar-refractivity contribution in [2.24, 2.45) is 17.8 Å². The predicted octanol–water partition coefficient (Wildman–Crippen LogP) is 5.83. The summed E-state index contributed by atoms with van der Waals surface area (Å²) in [6, 6.07) is 27.2. The first kappa shape index (κ1) is 25.2. The van der Waals surface area contributed by atoms with Gasteiger partial charge in [0.25, 0.3) is 0 Å². The lowest BCUT2D eigenvalue weighted by molar-refractivity contribution is -0.120. The summed E-state index contributed by atoms with van der Waals surface area (Å²) in [6.07, 6.45) is 9.12. The van der Waals surface area contributed by atoms with Crippen molar-refractivity contribution >= 4 is 21.6 Å². The highest BCUT2D eigenvalue weighted by atomic mass is 32.2. The van der Waals surface area contributed by atoms with Gasteiger partial charge in [-0.25, -0.2) is 8.42 Å². The van der Waals surface area contributed by atoms with Crippen LogP contribution in [0.5, 0.6) is 0 Å². The molecule has 0 saturated heterocycles. The van der Waals surface area contributed by atoms with Crippen LogP contribution >= 0.6 is 0 Å². The van der Waals surface area contributed by atoms with Crippen LogP contribution in [0.3, 0.4) is 0 Å². The van der Waals surface area contributed by atoms with Crippen LogP contribution < -0.4 is 9.62 Å². The molecule has 38 heavy (non-hydrogen) atoms. The third-order valence-electron chi connectivity index (χ3n) is 9.06. The van der Waals surface area contributed by atoms with Crippen molar-refractivity contribution < 1.29 is 13.2 Å². The van der Waals surface area contributed by atoms with Gasteiger partial charge < -0.3 is 5.32 Å². The minimum absolute atomic E-state index is 0.249. The molecule has 6 heteroatoms. The van der Waals surface area contributed by atoms with Gasteiger partial charge in [0, 0.05) is 0 Å². The first-order chi connectivity index (χ1) is 18.3. The van der Waals surface area contributed by atoms with Crippen LogP contribution in [0, 0.1) is 17.8 Å². The summed E-state index contributed by atoms with van der Waals surface area (Å²) >= 11 is 0. The molecule has 3 aromatic rings. The average Bonchev–Trinajstić information content (AvgIpc) is 2.90. The van der Waals surface area contributed by atoms with E-state index in [1.165, 1.54) is 54.6 Å². The Hall–Kier alpha value is -3.12. The lowest BCUT2D eigenvalue weighted by atomic mass is 9.48. The number of rotatable bonds is 8. The molecule has 0 atom stereocenters. The van der Waals surface area contributed by atoms with Gasteiger partial charge in [-0.05, 0) is 90.5 Å². The Morgan fingerprint density at radius 3 is 1.74 bits per heavy atom. The monoisotopic (exact) mass is 528 g/mol. The standard InChI is InChI=1S/C32H36N2O3S/c1-38(36,37)34(22-30(35)33-31(26-8-4-2-5-9-26)27-10-6-3-7-11-27)29-14-12-28(13-15-29)32-19-23-16-24(20-32)18-25(17-23)21-32/h2-15,23-25,31H,16-22H2,1H3,(H,33,35). The molecule has 4 aliphatic rings. The average molecular weight is 529 g/mol. The van der Waals surface area contributed by atoms with Gasteiger partial charge in [-0.15, -0.1) is 0 Å². The van der Waals surface area contributed by atoms with E-state index in [1.54, 1.807) is 0 Å². The molecule has 4 aliphatic carbocycles. The molecule has 0 unspecified atom stereocenters. The van der Waals surface area contributed by atoms with E-state index in [4.69, 9.17) is 0 Å².